The molecule has 0 aliphatic carbocycles. The average molecular weight is 425 g/mol. The monoisotopic (exact) mass is 424 g/mol. The Hall–Kier alpha value is -3.16. The molecule has 0 unspecified atom stereocenters. The lowest BCUT2D eigenvalue weighted by Gasteiger charge is -2.10. The van der Waals surface area contributed by atoms with Crippen LogP contribution in [0.4, 0.5) is 5.69 Å². The van der Waals surface area contributed by atoms with Crippen LogP contribution in [-0.4, -0.2) is 21.6 Å². The second-order valence-corrected chi connectivity index (χ2v) is 8.09. The summed E-state index contributed by atoms with van der Waals surface area (Å²) in [4.78, 5) is 26.0. The number of nitrogens with zero attached hydrogens (tertiary/aromatic N) is 2. The van der Waals surface area contributed by atoms with E-state index >= 15 is 0 Å². The number of aromatic nitrogens is 2. The molecule has 0 aliphatic rings. The van der Waals surface area contributed by atoms with Crippen LogP contribution in [0.15, 0.2) is 48.5 Å². The molecule has 0 saturated heterocycles. The summed E-state index contributed by atoms with van der Waals surface area (Å²) in [6, 6.07) is 14.4. The van der Waals surface area contributed by atoms with E-state index in [2.05, 4.69) is 10.4 Å². The maximum absolute atomic E-state index is 12.9. The van der Waals surface area contributed by atoms with Crippen LogP contribution in [0.5, 0.6) is 0 Å². The van der Waals surface area contributed by atoms with Crippen molar-refractivity contribution in [3.8, 4) is 5.69 Å². The highest BCUT2D eigenvalue weighted by Crippen LogP contribution is 2.31. The van der Waals surface area contributed by atoms with Gasteiger partial charge in [0.05, 0.1) is 27.5 Å². The lowest BCUT2D eigenvalue weighted by atomic mass is 10.1. The first-order valence-corrected chi connectivity index (χ1v) is 10.0. The SMILES string of the molecule is Cc1cccc(NC(=O)c2cc3c(C)nn(-c4cccc(Cl)c4)c3s2)c1C(N)=O. The maximum Gasteiger partial charge on any atom is 0.265 e. The van der Waals surface area contributed by atoms with Gasteiger partial charge in [-0.25, -0.2) is 4.68 Å². The van der Waals surface area contributed by atoms with Gasteiger partial charge in [0.15, 0.2) is 0 Å². The highest BCUT2D eigenvalue weighted by molar-refractivity contribution is 7.20. The molecular weight excluding hydrogens is 408 g/mol. The molecule has 29 heavy (non-hydrogen) atoms. The number of nitrogens with one attached hydrogen (secondary N) is 1. The Kier molecular flexibility index (Phi) is 4.86. The van der Waals surface area contributed by atoms with E-state index in [0.717, 1.165) is 21.6 Å². The molecule has 4 aromatic rings. The molecule has 0 radical (unpaired) electrons. The topological polar surface area (TPSA) is 90.0 Å². The van der Waals surface area contributed by atoms with Crippen molar-refractivity contribution in [3.63, 3.8) is 0 Å². The number of fused-ring (bicyclic) bond motifs is 1. The largest absolute Gasteiger partial charge is 0.366 e. The number of amides is 2. The van der Waals surface area contributed by atoms with Crippen LogP contribution in [0.25, 0.3) is 15.9 Å². The fourth-order valence-electron chi connectivity index (χ4n) is 3.22. The second kappa shape index (κ2) is 7.35. The molecule has 0 fully saturated rings. The summed E-state index contributed by atoms with van der Waals surface area (Å²) < 4.78 is 1.78. The maximum atomic E-state index is 12.9. The predicted molar refractivity (Wildman–Crippen MR) is 116 cm³/mol. The molecule has 0 atom stereocenters. The molecule has 0 aliphatic heterocycles. The van der Waals surface area contributed by atoms with Gasteiger partial charge in [0.1, 0.15) is 4.83 Å². The smallest absolute Gasteiger partial charge is 0.265 e. The Morgan fingerprint density at radius 1 is 1.14 bits per heavy atom. The summed E-state index contributed by atoms with van der Waals surface area (Å²) in [7, 11) is 0. The van der Waals surface area contributed by atoms with Gasteiger partial charge < -0.3 is 11.1 Å². The average Bonchev–Trinajstić information content (AvgIpc) is 3.22. The quantitative estimate of drug-likeness (QED) is 0.497. The van der Waals surface area contributed by atoms with E-state index in [0.29, 0.717) is 26.7 Å². The first kappa shape index (κ1) is 19.2. The Bertz CT molecular complexity index is 1280. The Balaban J connectivity index is 1.73. The van der Waals surface area contributed by atoms with Gasteiger partial charge in [0.25, 0.3) is 11.8 Å². The van der Waals surface area contributed by atoms with Crippen molar-refractivity contribution in [2.45, 2.75) is 13.8 Å². The number of carbonyl (C=O) groups excluding carboxylic acids is 2. The third kappa shape index (κ3) is 3.50. The molecule has 8 heteroatoms. The van der Waals surface area contributed by atoms with E-state index in [4.69, 9.17) is 17.3 Å². The minimum Gasteiger partial charge on any atom is -0.366 e. The lowest BCUT2D eigenvalue weighted by Crippen LogP contribution is -2.18. The Labute approximate surface area is 175 Å². The molecular formula is C21H17ClN4O2S. The first-order valence-electron chi connectivity index (χ1n) is 8.81. The van der Waals surface area contributed by atoms with Crippen LogP contribution >= 0.6 is 22.9 Å². The molecule has 6 nitrogen and oxygen atoms in total. The second-order valence-electron chi connectivity index (χ2n) is 6.62. The molecule has 2 aromatic carbocycles. The van der Waals surface area contributed by atoms with Crippen molar-refractivity contribution >= 4 is 50.7 Å². The number of primary amides is 1. The summed E-state index contributed by atoms with van der Waals surface area (Å²) in [6.45, 7) is 3.67. The number of hydrogen-bond donors (Lipinski definition) is 2. The fraction of sp³-hybridized carbons (Fsp3) is 0.0952. The Morgan fingerprint density at radius 2 is 1.90 bits per heavy atom. The van der Waals surface area contributed by atoms with Crippen LogP contribution in [0.1, 0.15) is 31.3 Å². The number of halogens is 1. The van der Waals surface area contributed by atoms with Crippen LogP contribution in [0.2, 0.25) is 5.02 Å². The van der Waals surface area contributed by atoms with Crippen molar-refractivity contribution in [2.24, 2.45) is 5.73 Å². The highest BCUT2D eigenvalue weighted by Gasteiger charge is 2.19. The van der Waals surface area contributed by atoms with Gasteiger partial charge in [-0.05, 0) is 49.7 Å². The molecule has 0 saturated carbocycles. The van der Waals surface area contributed by atoms with Crippen LogP contribution in [0.3, 0.4) is 0 Å². The van der Waals surface area contributed by atoms with Gasteiger partial charge in [-0.3, -0.25) is 9.59 Å². The number of hydrogen-bond acceptors (Lipinski definition) is 4. The minimum atomic E-state index is -0.581. The third-order valence-corrected chi connectivity index (χ3v) is 5.93. The van der Waals surface area contributed by atoms with E-state index in [1.165, 1.54) is 11.3 Å². The third-order valence-electron chi connectivity index (χ3n) is 4.59. The van der Waals surface area contributed by atoms with Gasteiger partial charge in [-0.2, -0.15) is 5.10 Å². The first-order chi connectivity index (χ1) is 13.8. The summed E-state index contributed by atoms with van der Waals surface area (Å²) in [5, 5.41) is 8.87. The van der Waals surface area contributed by atoms with E-state index in [1.54, 1.807) is 41.9 Å². The molecule has 2 aromatic heterocycles. The van der Waals surface area contributed by atoms with Crippen molar-refractivity contribution in [3.05, 3.63) is 75.3 Å². The number of anilines is 1. The molecule has 4 rings (SSSR count). The van der Waals surface area contributed by atoms with Gasteiger partial charge in [-0.1, -0.05) is 29.8 Å². The van der Waals surface area contributed by atoms with Crippen LogP contribution < -0.4 is 11.1 Å². The molecule has 3 N–H and O–H groups in total. The lowest BCUT2D eigenvalue weighted by molar-refractivity contribution is 0.100. The number of aryl methyl sites for hydroxylation is 2. The van der Waals surface area contributed by atoms with Gasteiger partial charge in [0.2, 0.25) is 0 Å². The van der Waals surface area contributed by atoms with Crippen molar-refractivity contribution in [1.29, 1.82) is 0 Å². The van der Waals surface area contributed by atoms with E-state index in [1.807, 2.05) is 25.1 Å². The summed E-state index contributed by atoms with van der Waals surface area (Å²) >= 11 is 7.43. The van der Waals surface area contributed by atoms with Gasteiger partial charge in [0, 0.05) is 10.4 Å². The number of rotatable bonds is 4. The van der Waals surface area contributed by atoms with Crippen molar-refractivity contribution < 1.29 is 9.59 Å². The fourth-order valence-corrected chi connectivity index (χ4v) is 4.49. The molecule has 0 bridgehead atoms. The van der Waals surface area contributed by atoms with E-state index < -0.39 is 5.91 Å². The van der Waals surface area contributed by atoms with Crippen molar-refractivity contribution in [2.75, 3.05) is 5.32 Å². The van der Waals surface area contributed by atoms with E-state index in [-0.39, 0.29) is 5.91 Å². The van der Waals surface area contributed by atoms with Crippen LogP contribution in [0, 0.1) is 13.8 Å². The van der Waals surface area contributed by atoms with Crippen LogP contribution in [-0.2, 0) is 0 Å². The number of nitrogens with two attached hydrogens (primary N) is 1. The number of thiophene rings is 1. The normalized spacial score (nSPS) is 11.0. The van der Waals surface area contributed by atoms with Gasteiger partial charge >= 0.3 is 0 Å². The highest BCUT2D eigenvalue weighted by atomic mass is 35.5. The molecule has 146 valence electrons. The standard InChI is InChI=1S/C21H17ClN4O2S/c1-11-5-3-8-16(18(11)19(23)27)24-20(28)17-10-15-12(2)25-26(21(15)29-17)14-7-4-6-13(22)9-14/h3-10H,1-2H3,(H2,23,27)(H,24,28). The Morgan fingerprint density at radius 3 is 2.62 bits per heavy atom. The molecule has 2 amide bonds. The number of benzene rings is 2. The zero-order chi connectivity index (χ0) is 20.7. The van der Waals surface area contributed by atoms with E-state index in [9.17, 15) is 9.59 Å². The predicted octanol–water partition coefficient (Wildman–Crippen LogP) is 4.71. The van der Waals surface area contributed by atoms with Crippen molar-refractivity contribution in [1.82, 2.24) is 9.78 Å². The summed E-state index contributed by atoms with van der Waals surface area (Å²) in [5.41, 5.74) is 8.52. The minimum absolute atomic E-state index is 0.309. The molecule has 0 spiro atoms. The molecule has 2 heterocycles. The summed E-state index contributed by atoms with van der Waals surface area (Å²) in [6.07, 6.45) is 0. The zero-order valence-electron chi connectivity index (χ0n) is 15.7. The van der Waals surface area contributed by atoms with Gasteiger partial charge in [-0.15, -0.1) is 11.3 Å². The summed E-state index contributed by atoms with van der Waals surface area (Å²) in [5.74, 6) is -0.890. The zero-order valence-corrected chi connectivity index (χ0v) is 17.3. The number of carbonyl (C=O) groups is 2.